The van der Waals surface area contributed by atoms with E-state index in [1.165, 1.54) is 17.5 Å². The normalized spacial score (nSPS) is 16.8. The fourth-order valence-corrected chi connectivity index (χ4v) is 17.0. The van der Waals surface area contributed by atoms with Crippen molar-refractivity contribution in [3.63, 3.8) is 0 Å². The summed E-state index contributed by atoms with van der Waals surface area (Å²) >= 11 is -2.55. The fourth-order valence-electron chi connectivity index (χ4n) is 4.04. The Morgan fingerprint density at radius 1 is 0.857 bits per heavy atom. The topological polar surface area (TPSA) is 0 Å². The molecule has 0 amide bonds. The van der Waals surface area contributed by atoms with E-state index in [1.54, 1.807) is 14.5 Å². The third kappa shape index (κ3) is 1.97. The molecule has 0 N–H and O–H groups in total. The Hall–Kier alpha value is -1.21. The van der Waals surface area contributed by atoms with Gasteiger partial charge in [0.1, 0.15) is 0 Å². The minimum absolute atomic E-state index is 0.677. The van der Waals surface area contributed by atoms with E-state index in [9.17, 15) is 0 Å². The Morgan fingerprint density at radius 3 is 1.95 bits per heavy atom. The molecule has 1 heteroatoms. The van der Waals surface area contributed by atoms with Crippen molar-refractivity contribution < 1.29 is 20.0 Å². The zero-order valence-corrected chi connectivity index (χ0v) is 16.2. The summed E-state index contributed by atoms with van der Waals surface area (Å²) in [6.45, 7) is 0. The van der Waals surface area contributed by atoms with Crippen LogP contribution in [0.3, 0.4) is 0 Å². The van der Waals surface area contributed by atoms with E-state index in [0.29, 0.717) is 3.67 Å². The molecule has 4 rings (SSSR count). The first-order valence-corrected chi connectivity index (χ1v) is 18.8. The van der Waals surface area contributed by atoms with Gasteiger partial charge in [-0.15, -0.1) is 0 Å². The van der Waals surface area contributed by atoms with Crippen LogP contribution in [0.5, 0.6) is 0 Å². The third-order valence-corrected chi connectivity index (χ3v) is 19.9. The Morgan fingerprint density at radius 2 is 1.43 bits per heavy atom. The summed E-state index contributed by atoms with van der Waals surface area (Å²) < 4.78 is 7.68. The minimum atomic E-state index is -2.55. The zero-order chi connectivity index (χ0) is 14.4. The maximum atomic E-state index is 2.62. The molecule has 104 valence electrons. The predicted octanol–water partition coefficient (Wildman–Crippen LogP) is 5.85. The first-order chi connectivity index (χ1) is 10.2. The van der Waals surface area contributed by atoms with Gasteiger partial charge in [-0.25, -0.2) is 0 Å². The van der Waals surface area contributed by atoms with Crippen molar-refractivity contribution in [3.8, 4) is 11.1 Å². The van der Waals surface area contributed by atoms with Gasteiger partial charge in [0, 0.05) is 0 Å². The van der Waals surface area contributed by atoms with E-state index >= 15 is 0 Å². The van der Waals surface area contributed by atoms with Crippen LogP contribution in [0.2, 0.25) is 9.36 Å². The molecule has 0 unspecified atom stereocenters. The quantitative estimate of drug-likeness (QED) is 0.516. The summed E-state index contributed by atoms with van der Waals surface area (Å²) in [5.74, 6) is 0. The van der Waals surface area contributed by atoms with E-state index in [4.69, 9.17) is 0 Å². The van der Waals surface area contributed by atoms with Gasteiger partial charge in [-0.1, -0.05) is 0 Å². The second kappa shape index (κ2) is 4.91. The third-order valence-electron chi connectivity index (χ3n) is 5.15. The van der Waals surface area contributed by atoms with Gasteiger partial charge < -0.3 is 0 Å². The van der Waals surface area contributed by atoms with Crippen LogP contribution in [0.1, 0.15) is 21.2 Å². The first-order valence-electron chi connectivity index (χ1n) is 7.74. The monoisotopic (exact) mass is 440 g/mol. The second-order valence-electron chi connectivity index (χ2n) is 6.65. The molecule has 0 heterocycles. The van der Waals surface area contributed by atoms with Crippen LogP contribution in [0.25, 0.3) is 11.1 Å². The molecule has 0 aromatic heterocycles. The van der Waals surface area contributed by atoms with Crippen LogP contribution in [-0.4, -0.2) is 0 Å². The van der Waals surface area contributed by atoms with Crippen molar-refractivity contribution in [1.82, 2.24) is 0 Å². The molecule has 0 nitrogen and oxygen atoms in total. The number of benzene rings is 2. The molecule has 2 aromatic rings. The van der Waals surface area contributed by atoms with Crippen LogP contribution in [0.4, 0.5) is 0 Å². The van der Waals surface area contributed by atoms with Crippen molar-refractivity contribution in [2.45, 2.75) is 19.5 Å². The first kappa shape index (κ1) is 13.5. The summed E-state index contributed by atoms with van der Waals surface area (Å²) in [4.78, 5) is 0. The molecule has 0 atom stereocenters. The van der Waals surface area contributed by atoms with Gasteiger partial charge in [-0.05, 0) is 0 Å². The summed E-state index contributed by atoms with van der Waals surface area (Å²) in [5.41, 5.74) is 6.10. The molecule has 0 saturated carbocycles. The summed E-state index contributed by atoms with van der Waals surface area (Å²) in [6.07, 6.45) is 8.17. The van der Waals surface area contributed by atoms with E-state index in [1.807, 2.05) is 0 Å². The van der Waals surface area contributed by atoms with Gasteiger partial charge in [0.15, 0.2) is 0 Å². The summed E-state index contributed by atoms with van der Waals surface area (Å²) in [5, 5.41) is 0. The van der Waals surface area contributed by atoms with E-state index < -0.39 is 20.0 Å². The number of rotatable bonds is 2. The number of fused-ring (bicyclic) bond motifs is 3. The van der Waals surface area contributed by atoms with Gasteiger partial charge in [0.2, 0.25) is 0 Å². The van der Waals surface area contributed by atoms with Gasteiger partial charge >= 0.3 is 132 Å². The second-order valence-corrected chi connectivity index (χ2v) is 23.4. The molecule has 2 aromatic carbocycles. The van der Waals surface area contributed by atoms with Crippen LogP contribution >= 0.6 is 0 Å². The molecule has 0 aliphatic heterocycles. The van der Waals surface area contributed by atoms with Crippen LogP contribution in [0.15, 0.2) is 70.1 Å². The van der Waals surface area contributed by atoms with Gasteiger partial charge in [0.25, 0.3) is 0 Å². The van der Waals surface area contributed by atoms with Crippen molar-refractivity contribution in [2.24, 2.45) is 0 Å². The molecule has 0 saturated heterocycles. The number of hydrogen-bond donors (Lipinski definition) is 0. The molecule has 0 radical (unpaired) electrons. The molecular formula is C20H20Hf. The average Bonchev–Trinajstić information content (AvgIpc) is 3.14. The maximum absolute atomic E-state index is 2.62. The number of allylic oxidation sites excluding steroid dienone is 4. The van der Waals surface area contributed by atoms with E-state index in [0.717, 1.165) is 0 Å². The van der Waals surface area contributed by atoms with Crippen molar-refractivity contribution in [1.29, 1.82) is 0 Å². The van der Waals surface area contributed by atoms with E-state index in [-0.39, 0.29) is 0 Å². The SMILES string of the molecule is [CH3][Hf]([CH3])([C]1=CC=CC1)[CH]1c2ccccc2-c2ccccc21. The van der Waals surface area contributed by atoms with Crippen molar-refractivity contribution in [2.75, 3.05) is 0 Å². The molecular weight excluding hydrogens is 419 g/mol. The average molecular weight is 439 g/mol. The zero-order valence-electron chi connectivity index (χ0n) is 12.6. The van der Waals surface area contributed by atoms with Crippen LogP contribution in [-0.2, 0) is 20.0 Å². The van der Waals surface area contributed by atoms with Crippen molar-refractivity contribution in [3.05, 3.63) is 81.2 Å². The molecule has 2 aliphatic rings. The molecule has 21 heavy (non-hydrogen) atoms. The summed E-state index contributed by atoms with van der Waals surface area (Å²) in [6, 6.07) is 18.1. The standard InChI is InChI=1S/C13H9.C5H5.2CH3.Hf/c1-3-7-12-10(5-1)9-11-6-2-4-8-13(11)12;1-2-4-5-3-1;;;/h1-9H;1-3H,4H2;2*1H3;. The van der Waals surface area contributed by atoms with Crippen molar-refractivity contribution >= 4 is 0 Å². The van der Waals surface area contributed by atoms with E-state index in [2.05, 4.69) is 76.1 Å². The van der Waals surface area contributed by atoms with Gasteiger partial charge in [0.05, 0.1) is 0 Å². The van der Waals surface area contributed by atoms with Crippen LogP contribution < -0.4 is 0 Å². The van der Waals surface area contributed by atoms with Gasteiger partial charge in [-0.3, -0.25) is 0 Å². The number of hydrogen-bond acceptors (Lipinski definition) is 0. The molecule has 0 fully saturated rings. The Kier molecular flexibility index (Phi) is 3.15. The molecule has 2 aliphatic carbocycles. The molecule has 0 spiro atoms. The predicted molar refractivity (Wildman–Crippen MR) is 87.3 cm³/mol. The Balaban J connectivity index is 1.93. The Labute approximate surface area is 131 Å². The Bertz CT molecular complexity index is 719. The fraction of sp³-hybridized carbons (Fsp3) is 0.200. The van der Waals surface area contributed by atoms with Gasteiger partial charge in [-0.2, -0.15) is 0 Å². The summed E-state index contributed by atoms with van der Waals surface area (Å²) in [7, 11) is 0. The molecule has 0 bridgehead atoms. The van der Waals surface area contributed by atoms with Crippen LogP contribution in [0, 0.1) is 0 Å².